The van der Waals surface area contributed by atoms with Crippen LogP contribution in [0.15, 0.2) is 18.3 Å². The molecule has 0 bridgehead atoms. The molecule has 4 nitrogen and oxygen atoms in total. The van der Waals surface area contributed by atoms with Crippen molar-refractivity contribution in [3.05, 3.63) is 23.9 Å². The van der Waals surface area contributed by atoms with Gasteiger partial charge in [-0.25, -0.2) is 4.98 Å². The van der Waals surface area contributed by atoms with Crippen LogP contribution in [0, 0.1) is 5.92 Å². The molecule has 94 valence electrons. The van der Waals surface area contributed by atoms with Gasteiger partial charge in [0, 0.05) is 12.8 Å². The van der Waals surface area contributed by atoms with E-state index < -0.39 is 0 Å². The highest BCUT2D eigenvalue weighted by molar-refractivity contribution is 7.80. The molecule has 1 aromatic rings. The first-order chi connectivity index (χ1) is 8.11. The standard InChI is InChI=1S/C12H18N2O2S/c1-9(2)8-15-6-7-16-12-10(11(13)17)4-3-5-14-12/h3-5,9H,6-8H2,1-2H3,(H2,13,17). The van der Waals surface area contributed by atoms with E-state index in [1.165, 1.54) is 0 Å². The Morgan fingerprint density at radius 3 is 2.88 bits per heavy atom. The maximum atomic E-state index is 5.56. The van der Waals surface area contributed by atoms with Crippen molar-refractivity contribution in [1.82, 2.24) is 4.98 Å². The first-order valence-electron chi connectivity index (χ1n) is 5.56. The van der Waals surface area contributed by atoms with E-state index >= 15 is 0 Å². The number of aromatic nitrogens is 1. The van der Waals surface area contributed by atoms with Gasteiger partial charge in [-0.15, -0.1) is 0 Å². The minimum atomic E-state index is 0.288. The van der Waals surface area contributed by atoms with Crippen LogP contribution in [0.3, 0.4) is 0 Å². The van der Waals surface area contributed by atoms with Gasteiger partial charge in [0.1, 0.15) is 11.6 Å². The number of thiocarbonyl (C=S) groups is 1. The minimum Gasteiger partial charge on any atom is -0.475 e. The summed E-state index contributed by atoms with van der Waals surface area (Å²) in [4.78, 5) is 4.38. The molecule has 0 fully saturated rings. The SMILES string of the molecule is CC(C)COCCOc1ncccc1C(N)=S. The van der Waals surface area contributed by atoms with Gasteiger partial charge in [0.15, 0.2) is 0 Å². The van der Waals surface area contributed by atoms with Gasteiger partial charge in [-0.1, -0.05) is 26.1 Å². The van der Waals surface area contributed by atoms with Crippen LogP contribution in [0.1, 0.15) is 19.4 Å². The molecule has 0 aliphatic heterocycles. The lowest BCUT2D eigenvalue weighted by atomic mass is 10.2. The molecule has 0 aliphatic rings. The summed E-state index contributed by atoms with van der Waals surface area (Å²) in [6.07, 6.45) is 1.64. The first kappa shape index (κ1) is 13.9. The van der Waals surface area contributed by atoms with Crippen molar-refractivity contribution in [2.75, 3.05) is 19.8 Å². The number of rotatable bonds is 7. The largest absolute Gasteiger partial charge is 0.475 e. The van der Waals surface area contributed by atoms with E-state index in [0.29, 0.717) is 30.6 Å². The van der Waals surface area contributed by atoms with E-state index in [1.807, 2.05) is 0 Å². The van der Waals surface area contributed by atoms with Gasteiger partial charge < -0.3 is 15.2 Å². The summed E-state index contributed by atoms with van der Waals surface area (Å²) in [6.45, 7) is 5.91. The van der Waals surface area contributed by atoms with E-state index in [9.17, 15) is 0 Å². The van der Waals surface area contributed by atoms with Crippen molar-refractivity contribution < 1.29 is 9.47 Å². The van der Waals surface area contributed by atoms with Crippen molar-refractivity contribution in [3.63, 3.8) is 0 Å². The molecule has 0 unspecified atom stereocenters. The average Bonchev–Trinajstić information content (AvgIpc) is 2.28. The summed E-state index contributed by atoms with van der Waals surface area (Å²) in [6, 6.07) is 3.57. The van der Waals surface area contributed by atoms with Crippen LogP contribution < -0.4 is 10.5 Å². The smallest absolute Gasteiger partial charge is 0.223 e. The summed E-state index contributed by atoms with van der Waals surface area (Å²) in [5.74, 6) is 0.991. The van der Waals surface area contributed by atoms with Crippen LogP contribution >= 0.6 is 12.2 Å². The van der Waals surface area contributed by atoms with Gasteiger partial charge in [0.25, 0.3) is 0 Å². The van der Waals surface area contributed by atoms with Gasteiger partial charge in [0.05, 0.1) is 12.2 Å². The zero-order valence-electron chi connectivity index (χ0n) is 10.2. The van der Waals surface area contributed by atoms with Crippen molar-refractivity contribution in [2.45, 2.75) is 13.8 Å². The van der Waals surface area contributed by atoms with Crippen LogP contribution in [-0.2, 0) is 4.74 Å². The molecule has 0 aliphatic carbocycles. The molecule has 0 saturated carbocycles. The lowest BCUT2D eigenvalue weighted by Gasteiger charge is -2.10. The Balaban J connectivity index is 2.39. The Morgan fingerprint density at radius 2 is 2.24 bits per heavy atom. The monoisotopic (exact) mass is 254 g/mol. The Morgan fingerprint density at radius 1 is 1.47 bits per heavy atom. The average molecular weight is 254 g/mol. The van der Waals surface area contributed by atoms with Gasteiger partial charge in [0.2, 0.25) is 5.88 Å². The molecular formula is C12H18N2O2S. The van der Waals surface area contributed by atoms with E-state index in [-0.39, 0.29) is 4.99 Å². The molecule has 0 atom stereocenters. The molecule has 0 aromatic carbocycles. The number of pyridine rings is 1. The number of hydrogen-bond acceptors (Lipinski definition) is 4. The molecule has 1 rings (SSSR count). The third-order valence-electron chi connectivity index (χ3n) is 1.95. The Hall–Kier alpha value is -1.20. The second-order valence-corrected chi connectivity index (χ2v) is 4.48. The molecule has 1 aromatic heterocycles. The van der Waals surface area contributed by atoms with Crippen LogP contribution in [0.5, 0.6) is 5.88 Å². The van der Waals surface area contributed by atoms with E-state index in [0.717, 1.165) is 6.61 Å². The quantitative estimate of drug-likeness (QED) is 0.593. The summed E-state index contributed by atoms with van der Waals surface area (Å²) >= 11 is 4.91. The normalized spacial score (nSPS) is 10.5. The molecule has 0 saturated heterocycles. The molecule has 0 amide bonds. The van der Waals surface area contributed by atoms with Gasteiger partial charge in [-0.3, -0.25) is 0 Å². The highest BCUT2D eigenvalue weighted by Gasteiger charge is 2.06. The van der Waals surface area contributed by atoms with Crippen LogP contribution in [0.2, 0.25) is 0 Å². The van der Waals surface area contributed by atoms with E-state index in [4.69, 9.17) is 27.4 Å². The van der Waals surface area contributed by atoms with Crippen molar-refractivity contribution in [3.8, 4) is 5.88 Å². The summed E-state index contributed by atoms with van der Waals surface area (Å²) in [5.41, 5.74) is 6.22. The maximum Gasteiger partial charge on any atom is 0.223 e. The zero-order valence-corrected chi connectivity index (χ0v) is 11.0. The fraction of sp³-hybridized carbons (Fsp3) is 0.500. The van der Waals surface area contributed by atoms with Gasteiger partial charge >= 0.3 is 0 Å². The van der Waals surface area contributed by atoms with Crippen LogP contribution in [0.25, 0.3) is 0 Å². The number of hydrogen-bond donors (Lipinski definition) is 1. The number of nitrogens with zero attached hydrogens (tertiary/aromatic N) is 1. The zero-order chi connectivity index (χ0) is 12.7. The third-order valence-corrected chi connectivity index (χ3v) is 2.17. The molecule has 0 radical (unpaired) electrons. The first-order valence-corrected chi connectivity index (χ1v) is 5.97. The molecular weight excluding hydrogens is 236 g/mol. The molecule has 17 heavy (non-hydrogen) atoms. The summed E-state index contributed by atoms with van der Waals surface area (Å²) in [7, 11) is 0. The van der Waals surface area contributed by atoms with Crippen LogP contribution in [-0.4, -0.2) is 29.8 Å². The Kier molecular flexibility index (Phi) is 5.86. The topological polar surface area (TPSA) is 57.4 Å². The molecule has 5 heteroatoms. The summed E-state index contributed by atoms with van der Waals surface area (Å²) in [5, 5.41) is 0. The fourth-order valence-electron chi connectivity index (χ4n) is 1.21. The molecule has 0 spiro atoms. The maximum absolute atomic E-state index is 5.56. The number of nitrogens with two attached hydrogens (primary N) is 1. The minimum absolute atomic E-state index is 0.288. The highest BCUT2D eigenvalue weighted by Crippen LogP contribution is 2.13. The predicted octanol–water partition coefficient (Wildman–Crippen LogP) is 1.77. The van der Waals surface area contributed by atoms with Crippen molar-refractivity contribution in [1.29, 1.82) is 0 Å². The van der Waals surface area contributed by atoms with Crippen molar-refractivity contribution in [2.24, 2.45) is 11.7 Å². The lowest BCUT2D eigenvalue weighted by molar-refractivity contribution is 0.0806. The van der Waals surface area contributed by atoms with E-state index in [1.54, 1.807) is 18.3 Å². The lowest BCUT2D eigenvalue weighted by Crippen LogP contribution is -2.15. The summed E-state index contributed by atoms with van der Waals surface area (Å²) < 4.78 is 10.9. The Bertz CT molecular complexity index is 369. The highest BCUT2D eigenvalue weighted by atomic mass is 32.1. The molecule has 1 heterocycles. The Labute approximate surface area is 107 Å². The second kappa shape index (κ2) is 7.19. The van der Waals surface area contributed by atoms with Gasteiger partial charge in [-0.05, 0) is 18.1 Å². The predicted molar refractivity (Wildman–Crippen MR) is 71.3 cm³/mol. The van der Waals surface area contributed by atoms with Crippen LogP contribution in [0.4, 0.5) is 0 Å². The molecule has 2 N–H and O–H groups in total. The number of ether oxygens (including phenoxy) is 2. The fourth-order valence-corrected chi connectivity index (χ4v) is 1.37. The third kappa shape index (κ3) is 5.10. The van der Waals surface area contributed by atoms with E-state index in [2.05, 4.69) is 18.8 Å². The van der Waals surface area contributed by atoms with Crippen molar-refractivity contribution >= 4 is 17.2 Å². The second-order valence-electron chi connectivity index (χ2n) is 4.04. The van der Waals surface area contributed by atoms with Gasteiger partial charge in [-0.2, -0.15) is 0 Å².